The molecule has 1 aromatic rings. The fourth-order valence-electron chi connectivity index (χ4n) is 2.57. The highest BCUT2D eigenvalue weighted by Gasteiger charge is 2.22. The normalized spacial score (nSPS) is 25.3. The maximum absolute atomic E-state index is 13.9. The number of hydrogen-bond donors (Lipinski definition) is 1. The van der Waals surface area contributed by atoms with E-state index in [1.54, 1.807) is 12.1 Å². The Balaban J connectivity index is 2.10. The molecule has 0 aromatic heterocycles. The zero-order chi connectivity index (χ0) is 13.8. The number of rotatable bonds is 3. The summed E-state index contributed by atoms with van der Waals surface area (Å²) in [6, 6.07) is 5.93. The molecule has 1 aliphatic heterocycles. The fourth-order valence-corrected chi connectivity index (χ4v) is 2.73. The van der Waals surface area contributed by atoms with Gasteiger partial charge in [-0.1, -0.05) is 24.6 Å². The van der Waals surface area contributed by atoms with Crippen LogP contribution in [0.15, 0.2) is 18.2 Å². The molecule has 0 saturated carbocycles. The Labute approximate surface area is 119 Å². The van der Waals surface area contributed by atoms with E-state index >= 15 is 0 Å². The molecule has 2 nitrogen and oxygen atoms in total. The highest BCUT2D eigenvalue weighted by atomic mass is 35.5. The summed E-state index contributed by atoms with van der Waals surface area (Å²) in [5.74, 6) is -0.204. The minimum Gasteiger partial charge on any atom is -0.313 e. The minimum absolute atomic E-state index is 0.204. The molecule has 1 heterocycles. The highest BCUT2D eigenvalue weighted by molar-refractivity contribution is 6.30. The smallest absolute Gasteiger partial charge is 0.129 e. The van der Waals surface area contributed by atoms with Crippen LogP contribution in [0, 0.1) is 5.82 Å². The van der Waals surface area contributed by atoms with Gasteiger partial charge in [0.1, 0.15) is 5.82 Å². The van der Waals surface area contributed by atoms with E-state index < -0.39 is 0 Å². The summed E-state index contributed by atoms with van der Waals surface area (Å²) in [7, 11) is 0. The highest BCUT2D eigenvalue weighted by Crippen LogP contribution is 2.19. The quantitative estimate of drug-likeness (QED) is 0.915. The van der Waals surface area contributed by atoms with E-state index in [0.29, 0.717) is 23.7 Å². The standard InChI is InChI=1S/C15H22ClFN2/c1-3-14-10-19(11(2)6-7-18-14)9-12-4-5-13(16)8-15(12)17/h4-5,8,11,14,18H,3,6-7,9-10H2,1-2H3. The molecular weight excluding hydrogens is 263 g/mol. The molecule has 4 heteroatoms. The second kappa shape index (κ2) is 6.69. The van der Waals surface area contributed by atoms with Gasteiger partial charge in [0.25, 0.3) is 0 Å². The Bertz CT molecular complexity index is 425. The maximum atomic E-state index is 13.9. The van der Waals surface area contributed by atoms with Gasteiger partial charge in [0, 0.05) is 35.8 Å². The zero-order valence-corrected chi connectivity index (χ0v) is 12.4. The predicted octanol–water partition coefficient (Wildman–Crippen LogP) is 3.44. The van der Waals surface area contributed by atoms with Crippen molar-refractivity contribution in [2.24, 2.45) is 0 Å². The lowest BCUT2D eigenvalue weighted by Crippen LogP contribution is -2.39. The monoisotopic (exact) mass is 284 g/mol. The molecule has 1 fully saturated rings. The van der Waals surface area contributed by atoms with Crippen molar-refractivity contribution >= 4 is 11.6 Å². The topological polar surface area (TPSA) is 15.3 Å². The van der Waals surface area contributed by atoms with Crippen LogP contribution in [0.25, 0.3) is 0 Å². The van der Waals surface area contributed by atoms with Gasteiger partial charge in [0.15, 0.2) is 0 Å². The number of halogens is 2. The van der Waals surface area contributed by atoms with Crippen LogP contribution in [-0.4, -0.2) is 30.1 Å². The van der Waals surface area contributed by atoms with Crippen molar-refractivity contribution in [1.82, 2.24) is 10.2 Å². The van der Waals surface area contributed by atoms with Crippen LogP contribution in [0.1, 0.15) is 32.3 Å². The SMILES string of the molecule is CCC1CN(Cc2ccc(Cl)cc2F)C(C)CCN1. The minimum atomic E-state index is -0.204. The lowest BCUT2D eigenvalue weighted by Gasteiger charge is -2.29. The molecule has 1 N–H and O–H groups in total. The Morgan fingerprint density at radius 1 is 1.47 bits per heavy atom. The number of nitrogens with zero attached hydrogens (tertiary/aromatic N) is 1. The predicted molar refractivity (Wildman–Crippen MR) is 78.0 cm³/mol. The van der Waals surface area contributed by atoms with Crippen LogP contribution in [0.3, 0.4) is 0 Å². The van der Waals surface area contributed by atoms with E-state index in [2.05, 4.69) is 24.1 Å². The first-order chi connectivity index (χ1) is 9.10. The molecule has 0 amide bonds. The lowest BCUT2D eigenvalue weighted by molar-refractivity contribution is 0.192. The second-order valence-electron chi connectivity index (χ2n) is 5.36. The van der Waals surface area contributed by atoms with Crippen LogP contribution in [0.2, 0.25) is 5.02 Å². The zero-order valence-electron chi connectivity index (χ0n) is 11.6. The Morgan fingerprint density at radius 2 is 2.26 bits per heavy atom. The first-order valence-electron chi connectivity index (χ1n) is 7.01. The van der Waals surface area contributed by atoms with Crippen molar-refractivity contribution in [2.45, 2.75) is 45.3 Å². The summed E-state index contributed by atoms with van der Waals surface area (Å²) in [4.78, 5) is 2.36. The molecule has 1 saturated heterocycles. The first kappa shape index (κ1) is 14.8. The Hall–Kier alpha value is -0.640. The fraction of sp³-hybridized carbons (Fsp3) is 0.600. The summed E-state index contributed by atoms with van der Waals surface area (Å²) in [6.07, 6.45) is 2.21. The molecule has 1 aromatic carbocycles. The lowest BCUT2D eigenvalue weighted by atomic mass is 10.1. The van der Waals surface area contributed by atoms with Crippen molar-refractivity contribution in [2.75, 3.05) is 13.1 Å². The van der Waals surface area contributed by atoms with Crippen molar-refractivity contribution < 1.29 is 4.39 Å². The van der Waals surface area contributed by atoms with Crippen LogP contribution < -0.4 is 5.32 Å². The average Bonchev–Trinajstić information content (AvgIpc) is 2.55. The number of benzene rings is 1. The van der Waals surface area contributed by atoms with Gasteiger partial charge in [-0.05, 0) is 38.4 Å². The Kier molecular flexibility index (Phi) is 5.20. The first-order valence-corrected chi connectivity index (χ1v) is 7.39. The van der Waals surface area contributed by atoms with Crippen LogP contribution in [0.4, 0.5) is 4.39 Å². The third kappa shape index (κ3) is 3.91. The van der Waals surface area contributed by atoms with Gasteiger partial charge in [-0.2, -0.15) is 0 Å². The second-order valence-corrected chi connectivity index (χ2v) is 5.80. The van der Waals surface area contributed by atoms with Crippen molar-refractivity contribution in [3.05, 3.63) is 34.6 Å². The van der Waals surface area contributed by atoms with Gasteiger partial charge < -0.3 is 5.32 Å². The molecule has 1 aliphatic rings. The van der Waals surface area contributed by atoms with E-state index in [4.69, 9.17) is 11.6 Å². The number of nitrogens with one attached hydrogen (secondary N) is 1. The third-order valence-electron chi connectivity index (χ3n) is 3.95. The summed E-state index contributed by atoms with van der Waals surface area (Å²) >= 11 is 5.80. The summed E-state index contributed by atoms with van der Waals surface area (Å²) in [6.45, 7) is 7.07. The van der Waals surface area contributed by atoms with Crippen molar-refractivity contribution in [3.8, 4) is 0 Å². The third-order valence-corrected chi connectivity index (χ3v) is 4.19. The summed E-state index contributed by atoms with van der Waals surface area (Å²) in [5.41, 5.74) is 0.730. The van der Waals surface area contributed by atoms with Gasteiger partial charge in [0.05, 0.1) is 0 Å². The molecule has 0 bridgehead atoms. The van der Waals surface area contributed by atoms with Gasteiger partial charge in [-0.25, -0.2) is 4.39 Å². The molecule has 106 valence electrons. The van der Waals surface area contributed by atoms with Crippen LogP contribution in [-0.2, 0) is 6.54 Å². The molecule has 0 radical (unpaired) electrons. The molecular formula is C15H22ClFN2. The molecule has 0 aliphatic carbocycles. The van der Waals surface area contributed by atoms with E-state index in [9.17, 15) is 4.39 Å². The van der Waals surface area contributed by atoms with Gasteiger partial charge in [-0.15, -0.1) is 0 Å². The number of hydrogen-bond acceptors (Lipinski definition) is 2. The summed E-state index contributed by atoms with van der Waals surface area (Å²) in [5, 5.41) is 4.00. The Morgan fingerprint density at radius 3 is 2.95 bits per heavy atom. The van der Waals surface area contributed by atoms with Crippen LogP contribution >= 0.6 is 11.6 Å². The van der Waals surface area contributed by atoms with E-state index in [-0.39, 0.29) is 5.82 Å². The maximum Gasteiger partial charge on any atom is 0.129 e. The van der Waals surface area contributed by atoms with Crippen molar-refractivity contribution in [3.63, 3.8) is 0 Å². The molecule has 2 atom stereocenters. The molecule has 2 rings (SSSR count). The van der Waals surface area contributed by atoms with E-state index in [1.807, 2.05) is 0 Å². The van der Waals surface area contributed by atoms with Gasteiger partial charge in [0.2, 0.25) is 0 Å². The van der Waals surface area contributed by atoms with E-state index in [1.165, 1.54) is 6.07 Å². The summed E-state index contributed by atoms with van der Waals surface area (Å²) < 4.78 is 13.9. The van der Waals surface area contributed by atoms with Crippen molar-refractivity contribution in [1.29, 1.82) is 0 Å². The molecule has 0 spiro atoms. The molecule has 19 heavy (non-hydrogen) atoms. The van der Waals surface area contributed by atoms with E-state index in [0.717, 1.165) is 31.5 Å². The van der Waals surface area contributed by atoms with Crippen LogP contribution in [0.5, 0.6) is 0 Å². The molecule has 2 unspecified atom stereocenters. The van der Waals surface area contributed by atoms with Gasteiger partial charge in [-0.3, -0.25) is 4.90 Å². The largest absolute Gasteiger partial charge is 0.313 e. The van der Waals surface area contributed by atoms with Gasteiger partial charge >= 0.3 is 0 Å². The average molecular weight is 285 g/mol.